The molecule has 0 spiro atoms. The lowest BCUT2D eigenvalue weighted by Gasteiger charge is -2.06. The van der Waals surface area contributed by atoms with Crippen LogP contribution in [0.25, 0.3) is 0 Å². The van der Waals surface area contributed by atoms with Gasteiger partial charge in [0.15, 0.2) is 0 Å². The third-order valence-electron chi connectivity index (χ3n) is 1.29. The summed E-state index contributed by atoms with van der Waals surface area (Å²) < 4.78 is 1.00. The van der Waals surface area contributed by atoms with Gasteiger partial charge in [-0.25, -0.2) is 14.6 Å². The van der Waals surface area contributed by atoms with Crippen molar-refractivity contribution in [2.45, 2.75) is 6.04 Å². The number of carboxylic acid groups (broad SMARTS) is 2. The van der Waals surface area contributed by atoms with Gasteiger partial charge in [0.05, 0.1) is 6.33 Å². The topological polar surface area (TPSA) is 92.4 Å². The molecule has 0 atom stereocenters. The maximum absolute atomic E-state index is 10.4. The second kappa shape index (κ2) is 3.04. The van der Waals surface area contributed by atoms with E-state index in [0.717, 1.165) is 10.9 Å². The lowest BCUT2D eigenvalue weighted by Crippen LogP contribution is -2.26. The van der Waals surface area contributed by atoms with Crippen LogP contribution in [0, 0.1) is 0 Å². The molecule has 0 aliphatic carbocycles. The molecule has 1 aromatic heterocycles. The van der Waals surface area contributed by atoms with Crippen molar-refractivity contribution in [3.8, 4) is 0 Å². The van der Waals surface area contributed by atoms with Gasteiger partial charge in [0.2, 0.25) is 6.04 Å². The van der Waals surface area contributed by atoms with Crippen molar-refractivity contribution in [2.24, 2.45) is 0 Å². The fraction of sp³-hybridized carbons (Fsp3) is 0.167. The maximum Gasteiger partial charge on any atom is 0.338 e. The van der Waals surface area contributed by atoms with Gasteiger partial charge in [-0.2, -0.15) is 0 Å². The smallest absolute Gasteiger partial charge is 0.338 e. The minimum absolute atomic E-state index is 1.00. The number of imidazole rings is 1. The molecule has 2 N–H and O–H groups in total. The van der Waals surface area contributed by atoms with E-state index in [9.17, 15) is 9.59 Å². The van der Waals surface area contributed by atoms with Crippen molar-refractivity contribution in [1.29, 1.82) is 0 Å². The predicted octanol–water partition coefficient (Wildman–Crippen LogP) is -0.407. The quantitative estimate of drug-likeness (QED) is 0.601. The molecule has 0 radical (unpaired) electrons. The van der Waals surface area contributed by atoms with Crippen LogP contribution in [0.5, 0.6) is 0 Å². The van der Waals surface area contributed by atoms with Crippen LogP contribution in [-0.2, 0) is 9.59 Å². The molecule has 0 bridgehead atoms. The zero-order valence-corrected chi connectivity index (χ0v) is 5.91. The highest BCUT2D eigenvalue weighted by molar-refractivity contribution is 5.95. The molecule has 6 nitrogen and oxygen atoms in total. The molecule has 0 fully saturated rings. The van der Waals surface area contributed by atoms with Crippen molar-refractivity contribution in [2.75, 3.05) is 0 Å². The van der Waals surface area contributed by atoms with Crippen molar-refractivity contribution < 1.29 is 19.8 Å². The van der Waals surface area contributed by atoms with Crippen LogP contribution in [0.15, 0.2) is 18.7 Å². The molecule has 0 unspecified atom stereocenters. The molecular formula is C6H6N2O4. The highest BCUT2D eigenvalue weighted by Crippen LogP contribution is 2.05. The fourth-order valence-electron chi connectivity index (χ4n) is 0.783. The average molecular weight is 170 g/mol. The van der Waals surface area contributed by atoms with Crippen LogP contribution in [0.1, 0.15) is 6.04 Å². The Kier molecular flexibility index (Phi) is 2.09. The fourth-order valence-corrected chi connectivity index (χ4v) is 0.783. The van der Waals surface area contributed by atoms with E-state index in [1.54, 1.807) is 0 Å². The zero-order chi connectivity index (χ0) is 9.14. The third kappa shape index (κ3) is 1.42. The summed E-state index contributed by atoms with van der Waals surface area (Å²) in [5.41, 5.74) is 0. The third-order valence-corrected chi connectivity index (χ3v) is 1.29. The zero-order valence-electron chi connectivity index (χ0n) is 5.91. The van der Waals surface area contributed by atoms with Gasteiger partial charge >= 0.3 is 11.9 Å². The van der Waals surface area contributed by atoms with E-state index in [-0.39, 0.29) is 0 Å². The second-order valence-electron chi connectivity index (χ2n) is 2.09. The highest BCUT2D eigenvalue weighted by Gasteiger charge is 2.26. The summed E-state index contributed by atoms with van der Waals surface area (Å²) in [6.45, 7) is 0. The Morgan fingerprint density at radius 2 is 1.92 bits per heavy atom. The van der Waals surface area contributed by atoms with Crippen molar-refractivity contribution >= 4 is 11.9 Å². The van der Waals surface area contributed by atoms with E-state index in [2.05, 4.69) is 4.98 Å². The molecule has 0 aliphatic heterocycles. The monoisotopic (exact) mass is 170 g/mol. The maximum atomic E-state index is 10.4. The molecule has 6 heteroatoms. The van der Waals surface area contributed by atoms with Crippen molar-refractivity contribution in [3.63, 3.8) is 0 Å². The number of carbonyl (C=O) groups is 2. The van der Waals surface area contributed by atoms with Gasteiger partial charge in [0.1, 0.15) is 0 Å². The van der Waals surface area contributed by atoms with E-state index >= 15 is 0 Å². The predicted molar refractivity (Wildman–Crippen MR) is 36.5 cm³/mol. The summed E-state index contributed by atoms with van der Waals surface area (Å²) in [4.78, 5) is 24.4. The number of aliphatic carboxylic acids is 2. The summed E-state index contributed by atoms with van der Waals surface area (Å²) in [6, 6.07) is -1.59. The number of rotatable bonds is 3. The van der Waals surface area contributed by atoms with E-state index < -0.39 is 18.0 Å². The van der Waals surface area contributed by atoms with Crippen LogP contribution in [0.3, 0.4) is 0 Å². The van der Waals surface area contributed by atoms with Crippen LogP contribution in [0.4, 0.5) is 0 Å². The Bertz CT molecular complexity index is 279. The van der Waals surface area contributed by atoms with Crippen LogP contribution < -0.4 is 0 Å². The molecular weight excluding hydrogens is 164 g/mol. The molecule has 0 aromatic carbocycles. The number of aromatic nitrogens is 2. The van der Waals surface area contributed by atoms with E-state index in [0.29, 0.717) is 0 Å². The van der Waals surface area contributed by atoms with E-state index in [4.69, 9.17) is 10.2 Å². The number of hydrogen-bond acceptors (Lipinski definition) is 3. The number of nitrogens with zero attached hydrogens (tertiary/aromatic N) is 2. The van der Waals surface area contributed by atoms with Crippen molar-refractivity contribution in [1.82, 2.24) is 9.55 Å². The highest BCUT2D eigenvalue weighted by atomic mass is 16.4. The SMILES string of the molecule is O=C(O)C(C(=O)O)n1ccnc1. The molecule has 1 heterocycles. The van der Waals surface area contributed by atoms with Gasteiger partial charge < -0.3 is 14.8 Å². The Morgan fingerprint density at radius 3 is 2.25 bits per heavy atom. The van der Waals surface area contributed by atoms with Gasteiger partial charge in [-0.05, 0) is 0 Å². The number of hydrogen-bond donors (Lipinski definition) is 2. The summed E-state index contributed by atoms with van der Waals surface area (Å²) >= 11 is 0. The molecule has 1 aromatic rings. The van der Waals surface area contributed by atoms with E-state index in [1.807, 2.05) is 0 Å². The summed E-state index contributed by atoms with van der Waals surface area (Å²) in [6.07, 6.45) is 3.75. The lowest BCUT2D eigenvalue weighted by atomic mass is 10.3. The Morgan fingerprint density at radius 1 is 1.33 bits per heavy atom. The Balaban J connectivity index is 2.96. The molecule has 12 heavy (non-hydrogen) atoms. The standard InChI is InChI=1S/C6H6N2O4/c9-5(10)4(6(11)12)8-2-1-7-3-8/h1-4H,(H,9,10)(H,11,12). The van der Waals surface area contributed by atoms with E-state index in [1.165, 1.54) is 12.4 Å². The minimum Gasteiger partial charge on any atom is -0.479 e. The Labute approximate surface area is 67.1 Å². The van der Waals surface area contributed by atoms with Crippen molar-refractivity contribution in [3.05, 3.63) is 18.7 Å². The van der Waals surface area contributed by atoms with Gasteiger partial charge in [0, 0.05) is 12.4 Å². The minimum atomic E-state index is -1.59. The molecule has 0 saturated carbocycles. The largest absolute Gasteiger partial charge is 0.479 e. The first kappa shape index (κ1) is 8.25. The molecule has 0 amide bonds. The molecule has 1 rings (SSSR count). The summed E-state index contributed by atoms with van der Waals surface area (Å²) in [5.74, 6) is -2.83. The first-order chi connectivity index (χ1) is 5.63. The summed E-state index contributed by atoms with van der Waals surface area (Å²) in [7, 11) is 0. The number of carboxylic acids is 2. The first-order valence-electron chi connectivity index (χ1n) is 3.06. The Hall–Kier alpha value is -1.85. The van der Waals surface area contributed by atoms with Crippen LogP contribution in [0.2, 0.25) is 0 Å². The lowest BCUT2D eigenvalue weighted by molar-refractivity contribution is -0.153. The van der Waals surface area contributed by atoms with Gasteiger partial charge in [0.25, 0.3) is 0 Å². The normalized spacial score (nSPS) is 10.1. The van der Waals surface area contributed by atoms with Crippen LogP contribution >= 0.6 is 0 Å². The average Bonchev–Trinajstić information content (AvgIpc) is 2.37. The first-order valence-corrected chi connectivity index (χ1v) is 3.06. The summed E-state index contributed by atoms with van der Waals surface area (Å²) in [5, 5.41) is 17.0. The molecule has 0 saturated heterocycles. The van der Waals surface area contributed by atoms with Crippen LogP contribution in [-0.4, -0.2) is 31.7 Å². The molecule has 0 aliphatic rings. The van der Waals surface area contributed by atoms with Gasteiger partial charge in [-0.1, -0.05) is 0 Å². The second-order valence-corrected chi connectivity index (χ2v) is 2.09. The van der Waals surface area contributed by atoms with Gasteiger partial charge in [-0.15, -0.1) is 0 Å². The molecule has 64 valence electrons. The van der Waals surface area contributed by atoms with Gasteiger partial charge in [-0.3, -0.25) is 0 Å².